The monoisotopic (exact) mass is 219 g/mol. The average Bonchev–Trinajstić information content (AvgIpc) is 2.60. The largest absolute Gasteiger partial charge is 0.312 e. The maximum absolute atomic E-state index is 4.15. The number of aromatic nitrogens is 4. The van der Waals surface area contributed by atoms with Gasteiger partial charge in [-0.15, -0.1) is 10.2 Å². The van der Waals surface area contributed by atoms with E-state index in [1.54, 1.807) is 12.5 Å². The normalized spacial score (nSPS) is 12.2. The summed E-state index contributed by atoms with van der Waals surface area (Å²) in [5.74, 6) is 0.944. The van der Waals surface area contributed by atoms with E-state index in [1.165, 1.54) is 0 Å². The Balaban J connectivity index is 2.05. The van der Waals surface area contributed by atoms with Crippen molar-refractivity contribution in [3.63, 3.8) is 0 Å². The molecule has 2 aromatic rings. The van der Waals surface area contributed by atoms with Gasteiger partial charge in [0.25, 0.3) is 0 Å². The quantitative estimate of drug-likeness (QED) is 0.838. The maximum Gasteiger partial charge on any atom is 0.163 e. The molecule has 0 aliphatic carbocycles. The molecule has 2 aromatic heterocycles. The molecule has 0 radical (unpaired) electrons. The van der Waals surface area contributed by atoms with Crippen LogP contribution >= 0.6 is 0 Å². The molecule has 0 amide bonds. The van der Waals surface area contributed by atoms with Crippen molar-refractivity contribution in [2.24, 2.45) is 0 Å². The SMILES string of the molecule is CC(C)(C)NCCc1nnc2ccncn12. The molecule has 0 fully saturated rings. The van der Waals surface area contributed by atoms with Gasteiger partial charge in [0.1, 0.15) is 12.2 Å². The standard InChI is InChI=1S/C11H17N5/c1-11(2,3)13-7-5-10-15-14-9-4-6-12-8-16(9)10/h4,6,8,13H,5,7H2,1-3H3. The Morgan fingerprint density at radius 1 is 1.31 bits per heavy atom. The molecular formula is C11H17N5. The first-order valence-corrected chi connectivity index (χ1v) is 5.45. The third-order valence-electron chi connectivity index (χ3n) is 2.29. The van der Waals surface area contributed by atoms with Crippen molar-refractivity contribution >= 4 is 5.65 Å². The molecule has 0 saturated carbocycles. The van der Waals surface area contributed by atoms with Crippen LogP contribution in [0.25, 0.3) is 5.65 Å². The lowest BCUT2D eigenvalue weighted by Crippen LogP contribution is -2.37. The summed E-state index contributed by atoms with van der Waals surface area (Å²) in [5.41, 5.74) is 0.986. The lowest BCUT2D eigenvalue weighted by atomic mass is 10.1. The van der Waals surface area contributed by atoms with Crippen LogP contribution in [-0.4, -0.2) is 31.7 Å². The van der Waals surface area contributed by atoms with Crippen LogP contribution in [0, 0.1) is 0 Å². The molecule has 0 atom stereocenters. The first kappa shape index (κ1) is 11.0. The van der Waals surface area contributed by atoms with Gasteiger partial charge in [-0.3, -0.25) is 4.40 Å². The molecule has 86 valence electrons. The molecule has 0 unspecified atom stereocenters. The first-order chi connectivity index (χ1) is 7.56. The van der Waals surface area contributed by atoms with Gasteiger partial charge in [0.05, 0.1) is 0 Å². The van der Waals surface area contributed by atoms with Crippen LogP contribution in [0.1, 0.15) is 26.6 Å². The van der Waals surface area contributed by atoms with Gasteiger partial charge < -0.3 is 5.32 Å². The number of nitrogens with one attached hydrogen (secondary N) is 1. The summed E-state index contributed by atoms with van der Waals surface area (Å²) in [6.07, 6.45) is 4.33. The van der Waals surface area contributed by atoms with E-state index < -0.39 is 0 Å². The number of hydrogen-bond acceptors (Lipinski definition) is 4. The lowest BCUT2D eigenvalue weighted by molar-refractivity contribution is 0.427. The lowest BCUT2D eigenvalue weighted by Gasteiger charge is -2.19. The smallest absolute Gasteiger partial charge is 0.163 e. The van der Waals surface area contributed by atoms with E-state index in [9.17, 15) is 0 Å². The van der Waals surface area contributed by atoms with Gasteiger partial charge in [-0.05, 0) is 20.8 Å². The summed E-state index contributed by atoms with van der Waals surface area (Å²) in [4.78, 5) is 4.07. The zero-order valence-electron chi connectivity index (χ0n) is 9.94. The number of fused-ring (bicyclic) bond motifs is 1. The number of nitrogens with zero attached hydrogens (tertiary/aromatic N) is 4. The molecule has 5 nitrogen and oxygen atoms in total. The fraction of sp³-hybridized carbons (Fsp3) is 0.545. The molecule has 0 aliphatic rings. The minimum Gasteiger partial charge on any atom is -0.312 e. The molecule has 16 heavy (non-hydrogen) atoms. The molecule has 5 heteroatoms. The fourth-order valence-electron chi connectivity index (χ4n) is 1.51. The Morgan fingerprint density at radius 2 is 2.12 bits per heavy atom. The topological polar surface area (TPSA) is 55.1 Å². The summed E-state index contributed by atoms with van der Waals surface area (Å²) >= 11 is 0. The van der Waals surface area contributed by atoms with Gasteiger partial charge in [0.2, 0.25) is 0 Å². The third-order valence-corrected chi connectivity index (χ3v) is 2.29. The molecule has 2 heterocycles. The highest BCUT2D eigenvalue weighted by Crippen LogP contribution is 2.03. The Kier molecular flexibility index (Phi) is 2.87. The van der Waals surface area contributed by atoms with Crippen LogP contribution < -0.4 is 5.32 Å². The van der Waals surface area contributed by atoms with Crippen molar-refractivity contribution in [1.29, 1.82) is 0 Å². The summed E-state index contributed by atoms with van der Waals surface area (Å²) in [6, 6.07) is 1.85. The maximum atomic E-state index is 4.15. The molecule has 2 rings (SSSR count). The molecule has 0 bridgehead atoms. The zero-order chi connectivity index (χ0) is 11.6. The second-order valence-corrected chi connectivity index (χ2v) is 4.85. The molecular weight excluding hydrogens is 202 g/mol. The van der Waals surface area contributed by atoms with E-state index in [1.807, 2.05) is 10.5 Å². The first-order valence-electron chi connectivity index (χ1n) is 5.45. The van der Waals surface area contributed by atoms with Crippen molar-refractivity contribution in [3.05, 3.63) is 24.4 Å². The summed E-state index contributed by atoms with van der Waals surface area (Å²) < 4.78 is 1.92. The molecule has 0 aromatic carbocycles. The van der Waals surface area contributed by atoms with Crippen LogP contribution in [-0.2, 0) is 6.42 Å². The minimum atomic E-state index is 0.138. The van der Waals surface area contributed by atoms with E-state index in [0.29, 0.717) is 0 Å². The van der Waals surface area contributed by atoms with Gasteiger partial charge >= 0.3 is 0 Å². The van der Waals surface area contributed by atoms with E-state index in [0.717, 1.165) is 24.4 Å². The minimum absolute atomic E-state index is 0.138. The Labute approximate surface area is 94.9 Å². The van der Waals surface area contributed by atoms with Crippen molar-refractivity contribution in [3.8, 4) is 0 Å². The predicted molar refractivity (Wildman–Crippen MR) is 62.2 cm³/mol. The highest BCUT2D eigenvalue weighted by Gasteiger charge is 2.09. The van der Waals surface area contributed by atoms with E-state index in [-0.39, 0.29) is 5.54 Å². The van der Waals surface area contributed by atoms with Gasteiger partial charge in [0.15, 0.2) is 5.65 Å². The van der Waals surface area contributed by atoms with Crippen molar-refractivity contribution in [2.45, 2.75) is 32.7 Å². The summed E-state index contributed by atoms with van der Waals surface area (Å²) in [7, 11) is 0. The molecule has 0 spiro atoms. The molecule has 0 aliphatic heterocycles. The van der Waals surface area contributed by atoms with Crippen LogP contribution in [0.3, 0.4) is 0 Å². The summed E-state index contributed by atoms with van der Waals surface area (Å²) in [5, 5.41) is 11.7. The van der Waals surface area contributed by atoms with Crippen LogP contribution in [0.2, 0.25) is 0 Å². The van der Waals surface area contributed by atoms with Crippen molar-refractivity contribution in [2.75, 3.05) is 6.54 Å². The number of hydrogen-bond donors (Lipinski definition) is 1. The Bertz CT molecular complexity index is 468. The van der Waals surface area contributed by atoms with Crippen LogP contribution in [0.5, 0.6) is 0 Å². The molecule has 0 saturated heterocycles. The van der Waals surface area contributed by atoms with Gasteiger partial charge in [-0.1, -0.05) is 0 Å². The van der Waals surface area contributed by atoms with Gasteiger partial charge in [0, 0.05) is 30.8 Å². The zero-order valence-corrected chi connectivity index (χ0v) is 9.94. The van der Waals surface area contributed by atoms with Gasteiger partial charge in [-0.2, -0.15) is 0 Å². The second-order valence-electron chi connectivity index (χ2n) is 4.85. The highest BCUT2D eigenvalue weighted by atomic mass is 15.3. The van der Waals surface area contributed by atoms with E-state index >= 15 is 0 Å². The predicted octanol–water partition coefficient (Wildman–Crippen LogP) is 1.05. The fourth-order valence-corrected chi connectivity index (χ4v) is 1.51. The van der Waals surface area contributed by atoms with Crippen molar-refractivity contribution < 1.29 is 0 Å². The Morgan fingerprint density at radius 3 is 2.88 bits per heavy atom. The van der Waals surface area contributed by atoms with Crippen LogP contribution in [0.15, 0.2) is 18.6 Å². The average molecular weight is 219 g/mol. The Hall–Kier alpha value is -1.49. The van der Waals surface area contributed by atoms with Crippen LogP contribution in [0.4, 0.5) is 0 Å². The second kappa shape index (κ2) is 4.17. The molecule has 1 N–H and O–H groups in total. The summed E-state index contributed by atoms with van der Waals surface area (Å²) in [6.45, 7) is 7.34. The highest BCUT2D eigenvalue weighted by molar-refractivity contribution is 5.35. The third kappa shape index (κ3) is 2.55. The van der Waals surface area contributed by atoms with E-state index in [4.69, 9.17) is 0 Å². The number of rotatable bonds is 3. The van der Waals surface area contributed by atoms with Crippen molar-refractivity contribution in [1.82, 2.24) is 24.9 Å². The van der Waals surface area contributed by atoms with Gasteiger partial charge in [-0.25, -0.2) is 4.98 Å². The van der Waals surface area contributed by atoms with E-state index in [2.05, 4.69) is 41.3 Å².